The quantitative estimate of drug-likeness (QED) is 0.858. The van der Waals surface area contributed by atoms with Crippen LogP contribution in [0.15, 0.2) is 41.3 Å². The Kier molecular flexibility index (Phi) is 5.85. The molecule has 0 saturated carbocycles. The first-order chi connectivity index (χ1) is 11.7. The highest BCUT2D eigenvalue weighted by atomic mass is 32.2. The van der Waals surface area contributed by atoms with Gasteiger partial charge in [-0.25, -0.2) is 13.1 Å². The largest absolute Gasteiger partial charge is 0.493 e. The molecule has 134 valence electrons. The van der Waals surface area contributed by atoms with Gasteiger partial charge in [-0.1, -0.05) is 23.8 Å². The Morgan fingerprint density at radius 1 is 0.960 bits per heavy atom. The van der Waals surface area contributed by atoms with Gasteiger partial charge in [0.15, 0.2) is 0 Å². The van der Waals surface area contributed by atoms with Crippen molar-refractivity contribution in [3.05, 3.63) is 58.7 Å². The third kappa shape index (κ3) is 5.32. The van der Waals surface area contributed by atoms with Crippen LogP contribution in [0, 0.1) is 27.7 Å². The fraction of sp³-hybridized carbons (Fsp3) is 0.316. The van der Waals surface area contributed by atoms with Gasteiger partial charge in [0.1, 0.15) is 5.75 Å². The SMILES string of the molecule is Cc1cc(C)cc(OCCC(=O)NS(=O)(=O)c2ccc(C)cc2C)c1. The van der Waals surface area contributed by atoms with E-state index in [0.29, 0.717) is 11.3 Å². The predicted octanol–water partition coefficient (Wildman–Crippen LogP) is 3.19. The molecule has 0 bridgehead atoms. The van der Waals surface area contributed by atoms with Gasteiger partial charge in [-0.05, 0) is 62.6 Å². The minimum atomic E-state index is -3.87. The first-order valence-corrected chi connectivity index (χ1v) is 9.50. The minimum absolute atomic E-state index is 0.0445. The molecule has 6 heteroatoms. The fourth-order valence-electron chi connectivity index (χ4n) is 2.63. The smallest absolute Gasteiger partial charge is 0.264 e. The van der Waals surface area contributed by atoms with Gasteiger partial charge in [0.2, 0.25) is 5.91 Å². The van der Waals surface area contributed by atoms with Crippen molar-refractivity contribution in [2.24, 2.45) is 0 Å². The van der Waals surface area contributed by atoms with E-state index in [1.54, 1.807) is 19.1 Å². The van der Waals surface area contributed by atoms with Gasteiger partial charge in [-0.15, -0.1) is 0 Å². The molecule has 0 aliphatic carbocycles. The average Bonchev–Trinajstić information content (AvgIpc) is 2.44. The Morgan fingerprint density at radius 2 is 1.60 bits per heavy atom. The number of ether oxygens (including phenoxy) is 1. The lowest BCUT2D eigenvalue weighted by molar-refractivity contribution is -0.119. The van der Waals surface area contributed by atoms with E-state index in [1.165, 1.54) is 6.07 Å². The van der Waals surface area contributed by atoms with E-state index in [9.17, 15) is 13.2 Å². The molecule has 0 aromatic heterocycles. The number of nitrogens with one attached hydrogen (secondary N) is 1. The third-order valence-electron chi connectivity index (χ3n) is 3.66. The number of sulfonamides is 1. The second-order valence-corrected chi connectivity index (χ2v) is 7.87. The Balaban J connectivity index is 1.95. The molecular formula is C19H23NO4S. The van der Waals surface area contributed by atoms with Gasteiger partial charge in [-0.2, -0.15) is 0 Å². The van der Waals surface area contributed by atoms with Crippen LogP contribution in [0.3, 0.4) is 0 Å². The molecule has 5 nitrogen and oxygen atoms in total. The summed E-state index contributed by atoms with van der Waals surface area (Å²) in [7, 11) is -3.87. The molecule has 0 unspecified atom stereocenters. The molecule has 25 heavy (non-hydrogen) atoms. The number of rotatable bonds is 6. The number of carbonyl (C=O) groups excluding carboxylic acids is 1. The standard InChI is InChI=1S/C19H23NO4S/c1-13-5-6-18(16(4)10-13)25(22,23)20-19(21)7-8-24-17-11-14(2)9-15(3)12-17/h5-6,9-12H,7-8H2,1-4H3,(H,20,21). The summed E-state index contributed by atoms with van der Waals surface area (Å²) >= 11 is 0. The second-order valence-electron chi connectivity index (χ2n) is 6.22. The van der Waals surface area contributed by atoms with Crippen molar-refractivity contribution in [1.29, 1.82) is 0 Å². The summed E-state index contributed by atoms with van der Waals surface area (Å²) < 4.78 is 32.3. The van der Waals surface area contributed by atoms with E-state index in [2.05, 4.69) is 4.72 Å². The zero-order valence-corrected chi connectivity index (χ0v) is 15.7. The summed E-state index contributed by atoms with van der Waals surface area (Å²) in [4.78, 5) is 12.1. The number of amides is 1. The number of hydrogen-bond donors (Lipinski definition) is 1. The van der Waals surface area contributed by atoms with Gasteiger partial charge >= 0.3 is 0 Å². The molecule has 2 aromatic rings. The second kappa shape index (κ2) is 7.70. The summed E-state index contributed by atoms with van der Waals surface area (Å²) in [5.41, 5.74) is 3.70. The lowest BCUT2D eigenvalue weighted by atomic mass is 10.1. The first kappa shape index (κ1) is 19.0. The molecule has 0 spiro atoms. The summed E-state index contributed by atoms with van der Waals surface area (Å²) in [5.74, 6) is 0.0758. The van der Waals surface area contributed by atoms with Crippen LogP contribution in [-0.2, 0) is 14.8 Å². The number of carbonyl (C=O) groups is 1. The third-order valence-corrected chi connectivity index (χ3v) is 5.19. The van der Waals surface area contributed by atoms with Gasteiger partial charge in [0.25, 0.3) is 10.0 Å². The highest BCUT2D eigenvalue weighted by molar-refractivity contribution is 7.90. The zero-order valence-electron chi connectivity index (χ0n) is 14.9. The number of hydrogen-bond acceptors (Lipinski definition) is 4. The Morgan fingerprint density at radius 3 is 2.20 bits per heavy atom. The molecule has 0 saturated heterocycles. The van der Waals surface area contributed by atoms with Crippen molar-refractivity contribution in [2.75, 3.05) is 6.61 Å². The minimum Gasteiger partial charge on any atom is -0.493 e. The number of aryl methyl sites for hydroxylation is 4. The molecule has 0 radical (unpaired) electrons. The molecule has 1 N–H and O–H groups in total. The van der Waals surface area contributed by atoms with Crippen molar-refractivity contribution in [3.63, 3.8) is 0 Å². The molecule has 0 heterocycles. The fourth-order valence-corrected chi connectivity index (χ4v) is 3.88. The first-order valence-electron chi connectivity index (χ1n) is 8.01. The summed E-state index contributed by atoms with van der Waals surface area (Å²) in [6.45, 7) is 7.62. The van der Waals surface area contributed by atoms with Crippen molar-refractivity contribution in [2.45, 2.75) is 39.0 Å². The van der Waals surface area contributed by atoms with Crippen molar-refractivity contribution < 1.29 is 17.9 Å². The van der Waals surface area contributed by atoms with Crippen LogP contribution < -0.4 is 9.46 Å². The Bertz CT molecular complexity index is 868. The zero-order chi connectivity index (χ0) is 18.6. The van der Waals surface area contributed by atoms with Crippen LogP contribution in [0.5, 0.6) is 5.75 Å². The summed E-state index contributed by atoms with van der Waals surface area (Å²) in [5, 5.41) is 0. The summed E-state index contributed by atoms with van der Waals surface area (Å²) in [6.07, 6.45) is -0.0445. The van der Waals surface area contributed by atoms with E-state index in [4.69, 9.17) is 4.74 Å². The van der Waals surface area contributed by atoms with Gasteiger partial charge in [-0.3, -0.25) is 4.79 Å². The Labute approximate surface area is 149 Å². The van der Waals surface area contributed by atoms with E-state index >= 15 is 0 Å². The van der Waals surface area contributed by atoms with Crippen molar-refractivity contribution in [3.8, 4) is 5.75 Å². The van der Waals surface area contributed by atoms with Gasteiger partial charge in [0, 0.05) is 0 Å². The average molecular weight is 361 g/mol. The van der Waals surface area contributed by atoms with Crippen molar-refractivity contribution >= 4 is 15.9 Å². The molecule has 2 aromatic carbocycles. The molecule has 0 fully saturated rings. The van der Waals surface area contributed by atoms with E-state index in [1.807, 2.05) is 39.0 Å². The topological polar surface area (TPSA) is 72.5 Å². The lowest BCUT2D eigenvalue weighted by Crippen LogP contribution is -2.32. The van der Waals surface area contributed by atoms with E-state index < -0.39 is 15.9 Å². The molecule has 1 amide bonds. The summed E-state index contributed by atoms with van der Waals surface area (Å²) in [6, 6.07) is 10.7. The van der Waals surface area contributed by atoms with Crippen LogP contribution in [0.4, 0.5) is 0 Å². The maximum absolute atomic E-state index is 12.3. The van der Waals surface area contributed by atoms with E-state index in [0.717, 1.165) is 16.7 Å². The van der Waals surface area contributed by atoms with Crippen LogP contribution in [-0.4, -0.2) is 20.9 Å². The van der Waals surface area contributed by atoms with Crippen molar-refractivity contribution in [1.82, 2.24) is 4.72 Å². The van der Waals surface area contributed by atoms with Crippen LogP contribution in [0.1, 0.15) is 28.7 Å². The highest BCUT2D eigenvalue weighted by Gasteiger charge is 2.19. The number of benzene rings is 2. The maximum Gasteiger partial charge on any atom is 0.264 e. The lowest BCUT2D eigenvalue weighted by Gasteiger charge is -2.11. The Hall–Kier alpha value is -2.34. The van der Waals surface area contributed by atoms with Crippen LogP contribution in [0.2, 0.25) is 0 Å². The predicted molar refractivity (Wildman–Crippen MR) is 97.3 cm³/mol. The molecular weight excluding hydrogens is 338 g/mol. The molecule has 0 aliphatic rings. The van der Waals surface area contributed by atoms with E-state index in [-0.39, 0.29) is 17.9 Å². The monoisotopic (exact) mass is 361 g/mol. The van der Waals surface area contributed by atoms with Crippen LogP contribution in [0.25, 0.3) is 0 Å². The molecule has 0 atom stereocenters. The molecule has 0 aliphatic heterocycles. The van der Waals surface area contributed by atoms with Crippen LogP contribution >= 0.6 is 0 Å². The normalized spacial score (nSPS) is 11.2. The molecule has 2 rings (SSSR count). The maximum atomic E-state index is 12.3. The van der Waals surface area contributed by atoms with Gasteiger partial charge < -0.3 is 4.74 Å². The highest BCUT2D eigenvalue weighted by Crippen LogP contribution is 2.17. The van der Waals surface area contributed by atoms with Gasteiger partial charge in [0.05, 0.1) is 17.9 Å².